The van der Waals surface area contributed by atoms with E-state index in [1.165, 1.54) is 32.1 Å². The number of carbonyl (C=O) groups excluding carboxylic acids is 3. The molecule has 0 bridgehead atoms. The number of piperidine rings is 1. The Morgan fingerprint density at radius 1 is 0.795 bits per heavy atom. The van der Waals surface area contributed by atoms with Crippen molar-refractivity contribution in [2.45, 2.75) is 123 Å². The maximum Gasteiger partial charge on any atom is 0.302 e. The monoisotopic (exact) mass is 542 g/mol. The number of esters is 2. The van der Waals surface area contributed by atoms with Crippen LogP contribution in [0, 0.1) is 34.5 Å². The van der Waals surface area contributed by atoms with Gasteiger partial charge in [0.05, 0.1) is 0 Å². The normalized spacial score (nSPS) is 46.7. The second-order valence-corrected chi connectivity index (χ2v) is 14.5. The van der Waals surface area contributed by atoms with E-state index in [9.17, 15) is 14.4 Å². The van der Waals surface area contributed by atoms with Gasteiger partial charge in [0.15, 0.2) is 0 Å². The van der Waals surface area contributed by atoms with Gasteiger partial charge >= 0.3 is 11.9 Å². The average molecular weight is 543 g/mol. The molecule has 0 aromatic rings. The van der Waals surface area contributed by atoms with Gasteiger partial charge in [0.2, 0.25) is 0 Å². The molecule has 4 saturated carbocycles. The summed E-state index contributed by atoms with van der Waals surface area (Å²) in [5, 5.41) is 0. The zero-order chi connectivity index (χ0) is 27.5. The highest BCUT2D eigenvalue weighted by Gasteiger charge is 2.65. The molecule has 39 heavy (non-hydrogen) atoms. The van der Waals surface area contributed by atoms with Crippen LogP contribution in [0.15, 0.2) is 0 Å². The smallest absolute Gasteiger partial charge is 0.302 e. The Labute approximate surface area is 234 Å². The first-order valence-corrected chi connectivity index (χ1v) is 15.9. The lowest BCUT2D eigenvalue weighted by Gasteiger charge is -2.62. The van der Waals surface area contributed by atoms with E-state index in [0.717, 1.165) is 51.9 Å². The van der Waals surface area contributed by atoms with Crippen LogP contribution < -0.4 is 0 Å². The van der Waals surface area contributed by atoms with E-state index in [4.69, 9.17) is 9.47 Å². The van der Waals surface area contributed by atoms with Crippen LogP contribution in [0.4, 0.5) is 0 Å². The maximum absolute atomic E-state index is 12.3. The molecule has 4 aliphatic carbocycles. The van der Waals surface area contributed by atoms with E-state index in [0.29, 0.717) is 48.3 Å². The van der Waals surface area contributed by atoms with Gasteiger partial charge in [-0.05, 0) is 100.0 Å². The first kappa shape index (κ1) is 27.7. The number of hydrogen-bond donors (Lipinski definition) is 0. The van der Waals surface area contributed by atoms with Crippen LogP contribution in [0.1, 0.15) is 98.3 Å². The van der Waals surface area contributed by atoms with Crippen molar-refractivity contribution >= 4 is 17.7 Å². The Bertz CT molecular complexity index is 970. The number of Topliss-reactive ketones (excluding diaryl/α,β-unsaturated/α-hetero) is 1. The van der Waals surface area contributed by atoms with Crippen molar-refractivity contribution in [2.24, 2.45) is 34.5 Å². The van der Waals surface area contributed by atoms with Crippen molar-refractivity contribution in [1.29, 1.82) is 0 Å². The standard InChI is InChI=1S/C32H50N2O5/c1-20(35)38-29-17-22-7-8-24-25(32(22,4)19-28(29)34-15-10-23(37)11-16-34)9-12-31(3)26(24)18-27(30(31)39-21(2)36)33-13-5-6-14-33/h22,24-30H,5-19H2,1-4H3/t22-,24+,25-,26-,27-,28-,29-,30-,31-,32-/m0/s1. The number of likely N-dealkylation sites (tertiary alicyclic amines) is 2. The summed E-state index contributed by atoms with van der Waals surface area (Å²) >= 11 is 0. The zero-order valence-corrected chi connectivity index (χ0v) is 24.7. The summed E-state index contributed by atoms with van der Waals surface area (Å²) < 4.78 is 12.2. The van der Waals surface area contributed by atoms with Gasteiger partial charge in [-0.1, -0.05) is 13.8 Å². The first-order chi connectivity index (χ1) is 18.6. The van der Waals surface area contributed by atoms with Gasteiger partial charge in [-0.25, -0.2) is 0 Å². The molecule has 0 amide bonds. The fourth-order valence-electron chi connectivity index (χ4n) is 10.8. The number of hydrogen-bond acceptors (Lipinski definition) is 7. The molecule has 0 radical (unpaired) electrons. The summed E-state index contributed by atoms with van der Waals surface area (Å²) in [7, 11) is 0. The predicted molar refractivity (Wildman–Crippen MR) is 148 cm³/mol. The van der Waals surface area contributed by atoms with E-state index in [1.54, 1.807) is 13.8 Å². The second kappa shape index (κ2) is 10.4. The molecule has 0 N–H and O–H groups in total. The minimum atomic E-state index is -0.181. The Hall–Kier alpha value is -1.47. The Morgan fingerprint density at radius 3 is 2.13 bits per heavy atom. The second-order valence-electron chi connectivity index (χ2n) is 14.5. The molecule has 6 rings (SSSR count). The minimum Gasteiger partial charge on any atom is -0.461 e. The molecule has 0 spiro atoms. The van der Waals surface area contributed by atoms with Gasteiger partial charge in [0, 0.05) is 57.3 Å². The van der Waals surface area contributed by atoms with Crippen LogP contribution >= 0.6 is 0 Å². The summed E-state index contributed by atoms with van der Waals surface area (Å²) in [6.07, 6.45) is 11.6. The number of fused-ring (bicyclic) bond motifs is 5. The van der Waals surface area contributed by atoms with Crippen molar-refractivity contribution in [1.82, 2.24) is 9.80 Å². The molecule has 7 nitrogen and oxygen atoms in total. The maximum atomic E-state index is 12.3. The van der Waals surface area contributed by atoms with Crippen LogP contribution in [0.25, 0.3) is 0 Å². The van der Waals surface area contributed by atoms with E-state index < -0.39 is 0 Å². The Morgan fingerprint density at radius 2 is 1.46 bits per heavy atom. The average Bonchev–Trinajstić information content (AvgIpc) is 3.51. The molecule has 218 valence electrons. The summed E-state index contributed by atoms with van der Waals surface area (Å²) in [6, 6.07) is 0.555. The fraction of sp³-hybridized carbons (Fsp3) is 0.906. The fourth-order valence-corrected chi connectivity index (χ4v) is 10.8. The molecule has 0 unspecified atom stereocenters. The van der Waals surface area contributed by atoms with E-state index in [2.05, 4.69) is 23.6 Å². The van der Waals surface area contributed by atoms with Gasteiger partial charge in [-0.3, -0.25) is 24.2 Å². The van der Waals surface area contributed by atoms with Crippen LogP contribution in [0.2, 0.25) is 0 Å². The Balaban J connectivity index is 1.27. The third-order valence-corrected chi connectivity index (χ3v) is 12.6. The molecular formula is C32H50N2O5. The predicted octanol–water partition coefficient (Wildman–Crippen LogP) is 4.61. The number of ether oxygens (including phenoxy) is 2. The summed E-state index contributed by atoms with van der Waals surface area (Å²) in [5.41, 5.74) is 0.251. The van der Waals surface area contributed by atoms with Crippen molar-refractivity contribution in [3.8, 4) is 0 Å². The lowest BCUT2D eigenvalue weighted by atomic mass is 9.44. The summed E-state index contributed by atoms with van der Waals surface area (Å²) in [6.45, 7) is 12.0. The molecule has 6 aliphatic rings. The molecule has 2 saturated heterocycles. The first-order valence-electron chi connectivity index (χ1n) is 15.9. The Kier molecular flexibility index (Phi) is 7.40. The molecule has 2 heterocycles. The van der Waals surface area contributed by atoms with Gasteiger partial charge < -0.3 is 9.47 Å². The lowest BCUT2D eigenvalue weighted by Crippen LogP contribution is -2.61. The topological polar surface area (TPSA) is 76.2 Å². The molecule has 0 aromatic heterocycles. The number of carbonyl (C=O) groups is 3. The van der Waals surface area contributed by atoms with Crippen LogP contribution in [-0.4, -0.2) is 78.0 Å². The van der Waals surface area contributed by atoms with Crippen LogP contribution in [-0.2, 0) is 23.9 Å². The SMILES string of the molecule is CC(=O)O[C@H]1C[C@@H]2CC[C@@H]3[C@H](CC[C@@]4(C)[C@H]3C[C@H](N3CCCC3)[C@@H]4OC(C)=O)[C@@]2(C)C[C@@H]1N1CCC(=O)CC1. The van der Waals surface area contributed by atoms with E-state index in [-0.39, 0.29) is 41.0 Å². The highest BCUT2D eigenvalue weighted by atomic mass is 16.5. The number of nitrogens with zero attached hydrogens (tertiary/aromatic N) is 2. The summed E-state index contributed by atoms with van der Waals surface area (Å²) in [4.78, 5) is 41.6. The van der Waals surface area contributed by atoms with Crippen LogP contribution in [0.5, 0.6) is 0 Å². The molecule has 7 heteroatoms. The number of ketones is 1. The van der Waals surface area contributed by atoms with Gasteiger partial charge in [-0.15, -0.1) is 0 Å². The third kappa shape index (κ3) is 4.77. The van der Waals surface area contributed by atoms with Crippen LogP contribution in [0.3, 0.4) is 0 Å². The minimum absolute atomic E-state index is 0.00270. The highest BCUT2D eigenvalue weighted by molar-refractivity contribution is 5.79. The quantitative estimate of drug-likeness (QED) is 0.480. The van der Waals surface area contributed by atoms with Gasteiger partial charge in [0.25, 0.3) is 0 Å². The van der Waals surface area contributed by atoms with E-state index in [1.807, 2.05) is 0 Å². The highest BCUT2D eigenvalue weighted by Crippen LogP contribution is 2.67. The third-order valence-electron chi connectivity index (χ3n) is 12.6. The van der Waals surface area contributed by atoms with Crippen molar-refractivity contribution < 1.29 is 23.9 Å². The molecular weight excluding hydrogens is 492 g/mol. The van der Waals surface area contributed by atoms with E-state index >= 15 is 0 Å². The van der Waals surface area contributed by atoms with Crippen molar-refractivity contribution in [2.75, 3.05) is 26.2 Å². The molecule has 10 atom stereocenters. The summed E-state index contributed by atoms with van der Waals surface area (Å²) in [5.74, 6) is 2.50. The molecule has 2 aliphatic heterocycles. The number of rotatable bonds is 4. The molecule has 6 fully saturated rings. The molecule has 0 aromatic carbocycles. The van der Waals surface area contributed by atoms with Crippen molar-refractivity contribution in [3.63, 3.8) is 0 Å². The van der Waals surface area contributed by atoms with Gasteiger partial charge in [0.1, 0.15) is 18.0 Å². The lowest BCUT2D eigenvalue weighted by molar-refractivity contribution is -0.180. The zero-order valence-electron chi connectivity index (χ0n) is 24.7. The van der Waals surface area contributed by atoms with Gasteiger partial charge in [-0.2, -0.15) is 0 Å². The van der Waals surface area contributed by atoms with Crippen molar-refractivity contribution in [3.05, 3.63) is 0 Å². The largest absolute Gasteiger partial charge is 0.461 e.